The lowest BCUT2D eigenvalue weighted by molar-refractivity contribution is 0.115. The van der Waals surface area contributed by atoms with Crippen LogP contribution >= 0.6 is 0 Å². The van der Waals surface area contributed by atoms with Gasteiger partial charge in [0.2, 0.25) is 0 Å². The maximum absolute atomic E-state index is 7.33. The van der Waals surface area contributed by atoms with Gasteiger partial charge in [0.1, 0.15) is 0 Å². The first-order valence-corrected chi connectivity index (χ1v) is 20.7. The Hall–Kier alpha value is 0.228. The largest absolute Gasteiger partial charge is 0.668 e. The molecule has 0 unspecified atom stereocenters. The van der Waals surface area contributed by atoms with Crippen LogP contribution in [0.1, 0.15) is 138 Å². The molecule has 20 heteroatoms. The van der Waals surface area contributed by atoms with Gasteiger partial charge < -0.3 is 76.7 Å². The second-order valence-electron chi connectivity index (χ2n) is 2.40. The van der Waals surface area contributed by atoms with E-state index in [0.29, 0.717) is 0 Å². The van der Waals surface area contributed by atoms with E-state index in [2.05, 4.69) is 0 Å². The van der Waals surface area contributed by atoms with Crippen molar-refractivity contribution in [1.29, 1.82) is 0 Å². The molecule has 0 bridgehead atoms. The molecule has 0 aliphatic heterocycles. The molecule has 0 radical (unpaired) electrons. The fraction of sp³-hybridized carbons (Fsp3) is 1.00. The highest BCUT2D eigenvalue weighted by Gasteiger charge is 2.23. The van der Waals surface area contributed by atoms with Gasteiger partial charge in [0.15, 0.2) is 0 Å². The van der Waals surface area contributed by atoms with Crippen molar-refractivity contribution in [3.05, 3.63) is 0 Å². The Morgan fingerprint density at radius 2 is 0.150 bits per heavy atom. The minimum Gasteiger partial charge on any atom is -0.368 e. The van der Waals surface area contributed by atoms with E-state index < -0.39 is 36.2 Å². The van der Waals surface area contributed by atoms with Gasteiger partial charge in [0.25, 0.3) is 0 Å². The summed E-state index contributed by atoms with van der Waals surface area (Å²) in [6, 6.07) is 0. The molecule has 0 amide bonds. The van der Waals surface area contributed by atoms with Crippen LogP contribution in [0, 0.1) is 0 Å². The summed E-state index contributed by atoms with van der Waals surface area (Å²) in [4.78, 5) is 117. The van der Waals surface area contributed by atoms with E-state index in [1.807, 2.05) is 138 Å². The van der Waals surface area contributed by atoms with Crippen molar-refractivity contribution in [2.75, 3.05) is 0 Å². The molecule has 0 heterocycles. The molecule has 16 nitrogen and oxygen atoms in total. The van der Waals surface area contributed by atoms with E-state index in [-0.39, 0.29) is 0 Å². The summed E-state index contributed by atoms with van der Waals surface area (Å²) in [7, 11) is -18.4. The summed E-state index contributed by atoms with van der Waals surface area (Å²) in [6.45, 7) is 40.0. The lowest BCUT2D eigenvalue weighted by Crippen LogP contribution is -2.33. The van der Waals surface area contributed by atoms with E-state index in [1.54, 1.807) is 0 Å². The van der Waals surface area contributed by atoms with Crippen LogP contribution in [-0.2, 0) is 0 Å². The molecule has 0 aromatic heterocycles. The van der Waals surface area contributed by atoms with Crippen LogP contribution in [-0.4, -0.2) is 113 Å². The van der Waals surface area contributed by atoms with Gasteiger partial charge in [-0.1, -0.05) is 138 Å². The highest BCUT2D eigenvalue weighted by molar-refractivity contribution is 6.47. The van der Waals surface area contributed by atoms with E-state index in [9.17, 15) is 0 Å². The molecule has 16 N–H and O–H groups in total. The topological polar surface area (TPSA) is 324 Å². The van der Waals surface area contributed by atoms with Crippen LogP contribution in [0.5, 0.6) is 0 Å². The number of hydrogen-bond acceptors (Lipinski definition) is 16. The van der Waals surface area contributed by atoms with Gasteiger partial charge in [-0.25, -0.2) is 0 Å². The molecular formula is C20H76O16Si4. The molecule has 0 saturated carbocycles. The first kappa shape index (κ1) is 90.0. The van der Waals surface area contributed by atoms with Gasteiger partial charge in [-0.2, -0.15) is 0 Å². The molecule has 0 rings (SSSR count). The third kappa shape index (κ3) is 1020000. The Bertz CT molecular complexity index is 164. The molecule has 0 atom stereocenters. The maximum atomic E-state index is 7.33. The summed E-state index contributed by atoms with van der Waals surface area (Å²) in [5.74, 6) is 0. The van der Waals surface area contributed by atoms with Crippen molar-refractivity contribution in [3.63, 3.8) is 0 Å². The zero-order valence-electron chi connectivity index (χ0n) is 29.2. The van der Waals surface area contributed by atoms with Crippen LogP contribution in [0.2, 0.25) is 0 Å². The quantitative estimate of drug-likeness (QED) is 0.147. The van der Waals surface area contributed by atoms with Gasteiger partial charge in [-0.15, -0.1) is 0 Å². The predicted molar refractivity (Wildman–Crippen MR) is 172 cm³/mol. The molecule has 0 saturated heterocycles. The van der Waals surface area contributed by atoms with Crippen molar-refractivity contribution in [1.82, 2.24) is 0 Å². The Balaban J connectivity index is -0.0000000156. The van der Waals surface area contributed by atoms with Crippen molar-refractivity contribution in [3.8, 4) is 0 Å². The number of hydrogen-bond donors (Lipinski definition) is 16. The van der Waals surface area contributed by atoms with Gasteiger partial charge in [0.05, 0.1) is 0 Å². The minimum absolute atomic E-state index is 2.00. The highest BCUT2D eigenvalue weighted by Crippen LogP contribution is 1.68. The van der Waals surface area contributed by atoms with Gasteiger partial charge in [0, 0.05) is 0 Å². The van der Waals surface area contributed by atoms with Crippen molar-refractivity contribution in [2.45, 2.75) is 138 Å². The van der Waals surface area contributed by atoms with Crippen LogP contribution in [0.4, 0.5) is 0 Å². The second-order valence-corrected chi connectivity index (χ2v) is 7.20. The first-order chi connectivity index (χ1) is 18.0. The Labute approximate surface area is 251 Å². The molecule has 0 aromatic rings. The second kappa shape index (κ2) is 97.7. The molecule has 0 fully saturated rings. The lowest BCUT2D eigenvalue weighted by Gasteiger charge is -1.91. The van der Waals surface area contributed by atoms with Crippen molar-refractivity contribution < 1.29 is 76.7 Å². The third-order valence-electron chi connectivity index (χ3n) is 0. The molecule has 40 heavy (non-hydrogen) atoms. The van der Waals surface area contributed by atoms with Gasteiger partial charge in [-0.3, -0.25) is 0 Å². The van der Waals surface area contributed by atoms with Crippen LogP contribution in [0.3, 0.4) is 0 Å². The molecule has 268 valence electrons. The molecule has 0 aliphatic rings. The fourth-order valence-electron chi connectivity index (χ4n) is 0. The minimum atomic E-state index is -4.61. The van der Waals surface area contributed by atoms with E-state index >= 15 is 0 Å². The van der Waals surface area contributed by atoms with Crippen molar-refractivity contribution in [2.24, 2.45) is 0 Å². The Morgan fingerprint density at radius 1 is 0.150 bits per heavy atom. The zero-order chi connectivity index (χ0) is 38.0. The van der Waals surface area contributed by atoms with E-state index in [1.165, 1.54) is 0 Å². The third-order valence-corrected chi connectivity index (χ3v) is 0. The summed E-state index contributed by atoms with van der Waals surface area (Å²) in [6.07, 6.45) is 0. The summed E-state index contributed by atoms with van der Waals surface area (Å²) < 4.78 is 0. The number of rotatable bonds is 0. The summed E-state index contributed by atoms with van der Waals surface area (Å²) >= 11 is 0. The van der Waals surface area contributed by atoms with Gasteiger partial charge in [-0.05, 0) is 0 Å². The molecule has 0 aliphatic carbocycles. The summed E-state index contributed by atoms with van der Waals surface area (Å²) in [5.41, 5.74) is 0. The van der Waals surface area contributed by atoms with Crippen LogP contribution < -0.4 is 0 Å². The average molecular weight is 685 g/mol. The Kier molecular flexibility index (Phi) is 220. The molecule has 0 spiro atoms. The van der Waals surface area contributed by atoms with Crippen LogP contribution in [0.15, 0.2) is 0 Å². The smallest absolute Gasteiger partial charge is 0.368 e. The summed E-state index contributed by atoms with van der Waals surface area (Å²) in [5, 5.41) is 0. The first-order valence-electron chi connectivity index (χ1n) is 13.6. The standard InChI is InChI=1S/10C2H6.4H4O4Si/c10*1-2;4*1-5(2,3)4/h10*1-2H3;4*1-4H. The predicted octanol–water partition coefficient (Wildman–Crippen LogP) is -0.173. The maximum Gasteiger partial charge on any atom is 0.668 e. The van der Waals surface area contributed by atoms with Gasteiger partial charge >= 0.3 is 36.2 Å². The van der Waals surface area contributed by atoms with Crippen LogP contribution in [0.25, 0.3) is 0 Å². The lowest BCUT2D eigenvalue weighted by atomic mass is 11.0. The van der Waals surface area contributed by atoms with E-state index in [4.69, 9.17) is 76.7 Å². The average Bonchev–Trinajstić information content (AvgIpc) is 2.87. The Morgan fingerprint density at radius 3 is 0.150 bits per heavy atom. The molecular weight excluding hydrogens is 609 g/mol. The van der Waals surface area contributed by atoms with Crippen molar-refractivity contribution >= 4 is 36.2 Å². The highest BCUT2D eigenvalue weighted by atomic mass is 28.4. The molecule has 0 aromatic carbocycles. The zero-order valence-corrected chi connectivity index (χ0v) is 33.2. The SMILES string of the molecule is CC.CC.CC.CC.CC.CC.CC.CC.CC.CC.O[Si](O)(O)O.O[Si](O)(O)O.O[Si](O)(O)O.O[Si](O)(O)O. The monoisotopic (exact) mass is 684 g/mol. The van der Waals surface area contributed by atoms with E-state index in [0.717, 1.165) is 0 Å². The normalized spacial score (nSPS) is 7.50. The fourth-order valence-corrected chi connectivity index (χ4v) is 0.